The first-order valence-corrected chi connectivity index (χ1v) is 5.39. The zero-order valence-electron chi connectivity index (χ0n) is 10.6. The summed E-state index contributed by atoms with van der Waals surface area (Å²) in [5.41, 5.74) is 0.960. The van der Waals surface area contributed by atoms with E-state index in [0.717, 1.165) is 0 Å². The fraction of sp³-hybridized carbons (Fsp3) is 0.385. The number of amides is 2. The Labute approximate surface area is 102 Å². The van der Waals surface area contributed by atoms with Crippen molar-refractivity contribution in [3.05, 3.63) is 29.8 Å². The lowest BCUT2D eigenvalue weighted by atomic mass is 10.1. The molecule has 0 atom stereocenters. The summed E-state index contributed by atoms with van der Waals surface area (Å²) in [5.74, 6) is 0. The number of nitriles is 1. The highest BCUT2D eigenvalue weighted by atomic mass is 16.2. The van der Waals surface area contributed by atoms with Gasteiger partial charge in [0.25, 0.3) is 0 Å². The van der Waals surface area contributed by atoms with Crippen LogP contribution in [-0.2, 0) is 0 Å². The number of hydrogen-bond acceptors (Lipinski definition) is 2. The summed E-state index contributed by atoms with van der Waals surface area (Å²) in [5, 5.41) is 11.7. The highest BCUT2D eigenvalue weighted by Crippen LogP contribution is 2.15. The van der Waals surface area contributed by atoms with Gasteiger partial charge in [-0.25, -0.2) is 4.79 Å². The summed E-state index contributed by atoms with van der Waals surface area (Å²) in [6, 6.07) is 8.81. The van der Waals surface area contributed by atoms with Gasteiger partial charge in [0.1, 0.15) is 0 Å². The Balaban J connectivity index is 2.86. The Morgan fingerprint density at radius 1 is 1.41 bits per heavy atom. The minimum atomic E-state index is -0.280. The van der Waals surface area contributed by atoms with E-state index in [2.05, 4.69) is 11.4 Å². The maximum absolute atomic E-state index is 11.9. The largest absolute Gasteiger partial charge is 0.333 e. The van der Waals surface area contributed by atoms with Gasteiger partial charge in [-0.15, -0.1) is 0 Å². The zero-order chi connectivity index (χ0) is 13.1. The van der Waals surface area contributed by atoms with Gasteiger partial charge in [0, 0.05) is 18.3 Å². The van der Waals surface area contributed by atoms with Gasteiger partial charge >= 0.3 is 6.03 Å². The van der Waals surface area contributed by atoms with Crippen LogP contribution in [0.4, 0.5) is 10.5 Å². The molecule has 0 fully saturated rings. The van der Waals surface area contributed by atoms with Crippen molar-refractivity contribution in [1.29, 1.82) is 5.26 Å². The van der Waals surface area contributed by atoms with Gasteiger partial charge in [-0.3, -0.25) is 4.90 Å². The number of carbonyl (C=O) groups is 1. The Morgan fingerprint density at radius 2 is 2.06 bits per heavy atom. The van der Waals surface area contributed by atoms with Gasteiger partial charge in [0.15, 0.2) is 0 Å². The SMILES string of the molecule is CN(C(=O)NC(C)(C)C)c1cccc(C#N)c1. The molecule has 17 heavy (non-hydrogen) atoms. The number of urea groups is 1. The Bertz CT molecular complexity index is 454. The lowest BCUT2D eigenvalue weighted by Gasteiger charge is -2.25. The maximum atomic E-state index is 11.9. The van der Waals surface area contributed by atoms with Crippen LogP contribution in [0, 0.1) is 11.3 Å². The first-order valence-electron chi connectivity index (χ1n) is 5.39. The molecule has 4 nitrogen and oxygen atoms in total. The highest BCUT2D eigenvalue weighted by molar-refractivity contribution is 5.91. The summed E-state index contributed by atoms with van der Waals surface area (Å²) >= 11 is 0. The van der Waals surface area contributed by atoms with E-state index in [1.165, 1.54) is 4.90 Å². The number of rotatable bonds is 1. The minimum Gasteiger partial charge on any atom is -0.333 e. The Hall–Kier alpha value is -2.02. The van der Waals surface area contributed by atoms with Crippen molar-refractivity contribution in [2.75, 3.05) is 11.9 Å². The van der Waals surface area contributed by atoms with Gasteiger partial charge in [0.2, 0.25) is 0 Å². The number of nitrogens with one attached hydrogen (secondary N) is 1. The van der Waals surface area contributed by atoms with Crippen LogP contribution in [0.3, 0.4) is 0 Å². The number of anilines is 1. The van der Waals surface area contributed by atoms with Crippen molar-refractivity contribution in [2.24, 2.45) is 0 Å². The molecule has 0 spiro atoms. The van der Waals surface area contributed by atoms with Crippen molar-refractivity contribution in [3.8, 4) is 6.07 Å². The van der Waals surface area contributed by atoms with E-state index in [4.69, 9.17) is 5.26 Å². The lowest BCUT2D eigenvalue weighted by Crippen LogP contribution is -2.47. The predicted molar refractivity (Wildman–Crippen MR) is 67.8 cm³/mol. The van der Waals surface area contributed by atoms with E-state index >= 15 is 0 Å². The van der Waals surface area contributed by atoms with Crippen LogP contribution in [0.1, 0.15) is 26.3 Å². The van der Waals surface area contributed by atoms with Gasteiger partial charge < -0.3 is 5.32 Å². The van der Waals surface area contributed by atoms with Gasteiger partial charge in [0.05, 0.1) is 11.6 Å². The molecule has 1 rings (SSSR count). The maximum Gasteiger partial charge on any atom is 0.322 e. The molecule has 1 aromatic rings. The van der Waals surface area contributed by atoms with Crippen LogP contribution in [-0.4, -0.2) is 18.6 Å². The number of carbonyl (C=O) groups excluding carboxylic acids is 1. The van der Waals surface area contributed by atoms with Crippen LogP contribution < -0.4 is 10.2 Å². The fourth-order valence-corrected chi connectivity index (χ4v) is 1.31. The van der Waals surface area contributed by atoms with Gasteiger partial charge in [-0.1, -0.05) is 6.07 Å². The molecule has 0 heterocycles. The molecule has 0 unspecified atom stereocenters. The van der Waals surface area contributed by atoms with Crippen LogP contribution in [0.25, 0.3) is 0 Å². The molecule has 0 aliphatic rings. The third-order valence-electron chi connectivity index (χ3n) is 2.15. The molecule has 0 radical (unpaired) electrons. The fourth-order valence-electron chi connectivity index (χ4n) is 1.31. The molecule has 0 aromatic heterocycles. The average Bonchev–Trinajstić information content (AvgIpc) is 2.26. The van der Waals surface area contributed by atoms with Crippen molar-refractivity contribution in [3.63, 3.8) is 0 Å². The average molecular weight is 231 g/mol. The normalized spacial score (nSPS) is 10.5. The Morgan fingerprint density at radius 3 is 2.59 bits per heavy atom. The number of benzene rings is 1. The topological polar surface area (TPSA) is 56.1 Å². The third-order valence-corrected chi connectivity index (χ3v) is 2.15. The summed E-state index contributed by atoms with van der Waals surface area (Å²) in [4.78, 5) is 13.4. The van der Waals surface area contributed by atoms with E-state index in [0.29, 0.717) is 11.3 Å². The molecular weight excluding hydrogens is 214 g/mol. The predicted octanol–water partition coefficient (Wildman–Crippen LogP) is 2.50. The second-order valence-electron chi connectivity index (χ2n) is 4.90. The van der Waals surface area contributed by atoms with Gasteiger partial charge in [-0.05, 0) is 39.0 Å². The second-order valence-corrected chi connectivity index (χ2v) is 4.90. The smallest absolute Gasteiger partial charge is 0.322 e. The standard InChI is InChI=1S/C13H17N3O/c1-13(2,3)15-12(17)16(4)11-7-5-6-10(8-11)9-14/h5-8H,1-4H3,(H,15,17). The van der Waals surface area contributed by atoms with E-state index in [9.17, 15) is 4.79 Å². The van der Waals surface area contributed by atoms with Crippen molar-refractivity contribution in [2.45, 2.75) is 26.3 Å². The van der Waals surface area contributed by atoms with Crippen LogP contribution in [0.2, 0.25) is 0 Å². The van der Waals surface area contributed by atoms with Gasteiger partial charge in [-0.2, -0.15) is 5.26 Å². The molecule has 0 bridgehead atoms. The molecule has 1 aromatic carbocycles. The number of nitrogens with zero attached hydrogens (tertiary/aromatic N) is 2. The summed E-state index contributed by atoms with van der Waals surface area (Å²) in [7, 11) is 1.68. The van der Waals surface area contributed by atoms with Crippen molar-refractivity contribution in [1.82, 2.24) is 5.32 Å². The summed E-state index contributed by atoms with van der Waals surface area (Å²) in [6.07, 6.45) is 0. The second kappa shape index (κ2) is 4.88. The molecule has 90 valence electrons. The van der Waals surface area contributed by atoms with Crippen LogP contribution >= 0.6 is 0 Å². The molecule has 0 saturated heterocycles. The first kappa shape index (κ1) is 13.0. The molecular formula is C13H17N3O. The van der Waals surface area contributed by atoms with E-state index in [1.807, 2.05) is 20.8 Å². The molecule has 4 heteroatoms. The quantitative estimate of drug-likeness (QED) is 0.807. The van der Waals surface area contributed by atoms with Crippen LogP contribution in [0.15, 0.2) is 24.3 Å². The molecule has 0 aliphatic carbocycles. The first-order chi connectivity index (χ1) is 7.83. The third kappa shape index (κ3) is 3.80. The number of hydrogen-bond donors (Lipinski definition) is 1. The summed E-state index contributed by atoms with van der Waals surface area (Å²) in [6.45, 7) is 5.76. The van der Waals surface area contributed by atoms with E-state index in [1.54, 1.807) is 31.3 Å². The van der Waals surface area contributed by atoms with E-state index < -0.39 is 0 Å². The molecule has 1 N–H and O–H groups in total. The molecule has 2 amide bonds. The lowest BCUT2D eigenvalue weighted by molar-refractivity contribution is 0.239. The van der Waals surface area contributed by atoms with Crippen LogP contribution in [0.5, 0.6) is 0 Å². The van der Waals surface area contributed by atoms with Crippen molar-refractivity contribution >= 4 is 11.7 Å². The Kier molecular flexibility index (Phi) is 3.74. The monoisotopic (exact) mass is 231 g/mol. The minimum absolute atomic E-state index is 0.187. The van der Waals surface area contributed by atoms with Crippen molar-refractivity contribution < 1.29 is 4.79 Å². The molecule has 0 saturated carbocycles. The van der Waals surface area contributed by atoms with E-state index in [-0.39, 0.29) is 11.6 Å². The molecule has 0 aliphatic heterocycles. The highest BCUT2D eigenvalue weighted by Gasteiger charge is 2.17. The summed E-state index contributed by atoms with van der Waals surface area (Å²) < 4.78 is 0. The zero-order valence-corrected chi connectivity index (χ0v) is 10.6.